The minimum atomic E-state index is -0.942. The average Bonchev–Trinajstić information content (AvgIpc) is 3.32. The van der Waals surface area contributed by atoms with E-state index < -0.39 is 11.6 Å². The first-order valence-electron chi connectivity index (χ1n) is 7.10. The number of ether oxygens (including phenoxy) is 1. The molecule has 0 aliphatic heterocycles. The summed E-state index contributed by atoms with van der Waals surface area (Å²) in [6.45, 7) is 1.08. The van der Waals surface area contributed by atoms with E-state index in [4.69, 9.17) is 4.74 Å². The first-order chi connectivity index (χ1) is 10.2. The van der Waals surface area contributed by atoms with Gasteiger partial charge in [-0.05, 0) is 36.1 Å². The summed E-state index contributed by atoms with van der Waals surface area (Å²) in [4.78, 5) is 0. The third kappa shape index (κ3) is 3.79. The lowest BCUT2D eigenvalue weighted by atomic mass is 10.1. The van der Waals surface area contributed by atoms with E-state index in [1.165, 1.54) is 30.5 Å². The van der Waals surface area contributed by atoms with Crippen molar-refractivity contribution >= 4 is 0 Å². The van der Waals surface area contributed by atoms with Gasteiger partial charge in [0.1, 0.15) is 6.61 Å². The molecule has 1 aliphatic rings. The predicted molar refractivity (Wildman–Crippen MR) is 77.0 cm³/mol. The Balaban J connectivity index is 1.56. The Morgan fingerprint density at radius 1 is 1.00 bits per heavy atom. The summed E-state index contributed by atoms with van der Waals surface area (Å²) in [6, 6.07) is 12.6. The number of benzene rings is 2. The first kappa shape index (κ1) is 14.0. The molecule has 2 aromatic carbocycles. The van der Waals surface area contributed by atoms with Gasteiger partial charge in [-0.2, -0.15) is 4.39 Å². The minimum absolute atomic E-state index is 0.0607. The van der Waals surface area contributed by atoms with E-state index in [0.29, 0.717) is 6.04 Å². The predicted octanol–water partition coefficient (Wildman–Crippen LogP) is 3.80. The van der Waals surface area contributed by atoms with Gasteiger partial charge < -0.3 is 10.1 Å². The SMILES string of the molecule is Fc1cccc(OCc2ccc(CNC3CC3)cc2)c1F. The molecule has 0 heterocycles. The molecule has 0 atom stereocenters. The fraction of sp³-hybridized carbons (Fsp3) is 0.294. The zero-order chi connectivity index (χ0) is 14.7. The van der Waals surface area contributed by atoms with Gasteiger partial charge in [0.05, 0.1) is 0 Å². The van der Waals surface area contributed by atoms with Gasteiger partial charge in [0, 0.05) is 12.6 Å². The number of nitrogens with one attached hydrogen (secondary N) is 1. The van der Waals surface area contributed by atoms with Crippen LogP contribution in [-0.4, -0.2) is 6.04 Å². The van der Waals surface area contributed by atoms with Crippen LogP contribution in [0.5, 0.6) is 5.75 Å². The Hall–Kier alpha value is -1.94. The second-order valence-corrected chi connectivity index (χ2v) is 5.31. The standard InChI is InChI=1S/C17H17F2NO/c18-15-2-1-3-16(17(15)19)21-11-13-6-4-12(5-7-13)10-20-14-8-9-14/h1-7,14,20H,8-11H2. The molecule has 1 fully saturated rings. The Bertz CT molecular complexity index is 609. The molecule has 0 aromatic heterocycles. The molecular formula is C17H17F2NO. The van der Waals surface area contributed by atoms with Crippen molar-refractivity contribution in [2.24, 2.45) is 0 Å². The average molecular weight is 289 g/mol. The largest absolute Gasteiger partial charge is 0.486 e. The van der Waals surface area contributed by atoms with Gasteiger partial charge in [0.25, 0.3) is 0 Å². The van der Waals surface area contributed by atoms with Crippen molar-refractivity contribution in [3.8, 4) is 5.75 Å². The smallest absolute Gasteiger partial charge is 0.200 e. The van der Waals surface area contributed by atoms with Gasteiger partial charge in [0.2, 0.25) is 5.82 Å². The quantitative estimate of drug-likeness (QED) is 0.873. The fourth-order valence-electron chi connectivity index (χ4n) is 2.06. The van der Waals surface area contributed by atoms with Crippen LogP contribution in [-0.2, 0) is 13.2 Å². The Kier molecular flexibility index (Phi) is 4.15. The maximum atomic E-state index is 13.4. The van der Waals surface area contributed by atoms with Crippen molar-refractivity contribution in [3.05, 3.63) is 65.2 Å². The molecule has 110 valence electrons. The lowest BCUT2D eigenvalue weighted by Crippen LogP contribution is -2.15. The lowest BCUT2D eigenvalue weighted by molar-refractivity contribution is 0.284. The Morgan fingerprint density at radius 2 is 1.71 bits per heavy atom. The van der Waals surface area contributed by atoms with Crippen molar-refractivity contribution in [1.82, 2.24) is 5.32 Å². The van der Waals surface area contributed by atoms with Crippen molar-refractivity contribution in [1.29, 1.82) is 0 Å². The van der Waals surface area contributed by atoms with E-state index in [1.807, 2.05) is 24.3 Å². The molecule has 1 saturated carbocycles. The fourth-order valence-corrected chi connectivity index (χ4v) is 2.06. The summed E-state index contributed by atoms with van der Waals surface area (Å²) < 4.78 is 31.8. The lowest BCUT2D eigenvalue weighted by Gasteiger charge is -2.08. The van der Waals surface area contributed by atoms with Crippen LogP contribution >= 0.6 is 0 Å². The van der Waals surface area contributed by atoms with E-state index in [1.54, 1.807) is 0 Å². The molecule has 21 heavy (non-hydrogen) atoms. The summed E-state index contributed by atoms with van der Waals surface area (Å²) >= 11 is 0. The van der Waals surface area contributed by atoms with Crippen LogP contribution in [0.1, 0.15) is 24.0 Å². The molecule has 0 unspecified atom stereocenters. The van der Waals surface area contributed by atoms with E-state index in [0.717, 1.165) is 18.2 Å². The van der Waals surface area contributed by atoms with Crippen LogP contribution in [0.25, 0.3) is 0 Å². The van der Waals surface area contributed by atoms with Gasteiger partial charge in [-0.15, -0.1) is 0 Å². The van der Waals surface area contributed by atoms with Gasteiger partial charge in [-0.1, -0.05) is 30.3 Å². The highest BCUT2D eigenvalue weighted by molar-refractivity contribution is 5.27. The van der Waals surface area contributed by atoms with E-state index in [-0.39, 0.29) is 12.4 Å². The van der Waals surface area contributed by atoms with E-state index >= 15 is 0 Å². The third-order valence-corrected chi connectivity index (χ3v) is 3.51. The molecule has 2 aromatic rings. The first-order valence-corrected chi connectivity index (χ1v) is 7.10. The molecule has 0 saturated heterocycles. The number of halogens is 2. The number of rotatable bonds is 6. The van der Waals surface area contributed by atoms with Crippen molar-refractivity contribution < 1.29 is 13.5 Å². The summed E-state index contributed by atoms with van der Waals surface area (Å²) in [5.41, 5.74) is 2.14. The summed E-state index contributed by atoms with van der Waals surface area (Å²) in [5.74, 6) is -1.90. The Labute approximate surface area is 122 Å². The van der Waals surface area contributed by atoms with Crippen LogP contribution < -0.4 is 10.1 Å². The van der Waals surface area contributed by atoms with Gasteiger partial charge >= 0.3 is 0 Å². The van der Waals surface area contributed by atoms with Gasteiger partial charge in [0.15, 0.2) is 11.6 Å². The molecule has 3 rings (SSSR count). The third-order valence-electron chi connectivity index (χ3n) is 3.51. The zero-order valence-corrected chi connectivity index (χ0v) is 11.6. The molecule has 0 radical (unpaired) electrons. The zero-order valence-electron chi connectivity index (χ0n) is 11.6. The van der Waals surface area contributed by atoms with Crippen LogP contribution in [0, 0.1) is 11.6 Å². The topological polar surface area (TPSA) is 21.3 Å². The monoisotopic (exact) mass is 289 g/mol. The highest BCUT2D eigenvalue weighted by Gasteiger charge is 2.19. The molecule has 1 aliphatic carbocycles. The summed E-state index contributed by atoms with van der Waals surface area (Å²) in [6.07, 6.45) is 2.54. The maximum Gasteiger partial charge on any atom is 0.200 e. The normalized spacial score (nSPS) is 14.2. The molecule has 0 spiro atoms. The second-order valence-electron chi connectivity index (χ2n) is 5.31. The molecule has 0 amide bonds. The summed E-state index contributed by atoms with van der Waals surface area (Å²) in [7, 11) is 0. The highest BCUT2D eigenvalue weighted by atomic mass is 19.2. The number of hydrogen-bond donors (Lipinski definition) is 1. The van der Waals surface area contributed by atoms with Crippen LogP contribution in [0.3, 0.4) is 0 Å². The molecule has 2 nitrogen and oxygen atoms in total. The molecule has 1 N–H and O–H groups in total. The van der Waals surface area contributed by atoms with Gasteiger partial charge in [-0.3, -0.25) is 0 Å². The second kappa shape index (κ2) is 6.22. The Morgan fingerprint density at radius 3 is 2.43 bits per heavy atom. The highest BCUT2D eigenvalue weighted by Crippen LogP contribution is 2.21. The molecular weight excluding hydrogens is 272 g/mol. The minimum Gasteiger partial charge on any atom is -0.486 e. The van der Waals surface area contributed by atoms with E-state index in [9.17, 15) is 8.78 Å². The number of hydrogen-bond acceptors (Lipinski definition) is 2. The maximum absolute atomic E-state index is 13.4. The van der Waals surface area contributed by atoms with Gasteiger partial charge in [-0.25, -0.2) is 4.39 Å². The van der Waals surface area contributed by atoms with E-state index in [2.05, 4.69) is 5.32 Å². The van der Waals surface area contributed by atoms with Crippen LogP contribution in [0.15, 0.2) is 42.5 Å². The van der Waals surface area contributed by atoms with Crippen molar-refractivity contribution in [2.75, 3.05) is 0 Å². The van der Waals surface area contributed by atoms with Crippen molar-refractivity contribution in [3.63, 3.8) is 0 Å². The molecule has 4 heteroatoms. The summed E-state index contributed by atoms with van der Waals surface area (Å²) in [5, 5.41) is 3.44. The van der Waals surface area contributed by atoms with Crippen molar-refractivity contribution in [2.45, 2.75) is 32.0 Å². The van der Waals surface area contributed by atoms with Crippen LogP contribution in [0.4, 0.5) is 8.78 Å². The molecule has 0 bridgehead atoms. The van der Waals surface area contributed by atoms with Crippen LogP contribution in [0.2, 0.25) is 0 Å².